The van der Waals surface area contributed by atoms with E-state index in [-0.39, 0.29) is 22.3 Å². The van der Waals surface area contributed by atoms with E-state index in [9.17, 15) is 19.3 Å². The Morgan fingerprint density at radius 3 is 2.54 bits per heavy atom. The fraction of sp³-hybridized carbons (Fsp3) is 0.0833. The number of ether oxygens (including phenoxy) is 2. The van der Waals surface area contributed by atoms with Gasteiger partial charge in [0.15, 0.2) is 15.8 Å². The molecule has 1 amide bonds. The second-order valence-electron chi connectivity index (χ2n) is 7.21. The van der Waals surface area contributed by atoms with E-state index in [1.54, 1.807) is 42.5 Å². The van der Waals surface area contributed by atoms with Crippen molar-refractivity contribution in [2.75, 3.05) is 12.0 Å². The molecule has 1 saturated heterocycles. The van der Waals surface area contributed by atoms with Crippen molar-refractivity contribution in [2.24, 2.45) is 0 Å². The number of thioether (sulfide) groups is 1. The molecule has 4 rings (SSSR count). The van der Waals surface area contributed by atoms with Crippen LogP contribution in [0.1, 0.15) is 11.1 Å². The Morgan fingerprint density at radius 2 is 1.89 bits per heavy atom. The molecular formula is C24H16BrFN2O5S2. The number of hydrogen-bond acceptors (Lipinski definition) is 7. The van der Waals surface area contributed by atoms with Crippen molar-refractivity contribution in [3.8, 4) is 11.5 Å². The second-order valence-corrected chi connectivity index (χ2v) is 9.74. The third-order valence-corrected chi connectivity index (χ3v) is 6.99. The van der Waals surface area contributed by atoms with Gasteiger partial charge in [-0.2, -0.15) is 0 Å². The van der Waals surface area contributed by atoms with Crippen LogP contribution in [-0.2, 0) is 11.4 Å². The van der Waals surface area contributed by atoms with Crippen LogP contribution in [0, 0.1) is 15.9 Å². The van der Waals surface area contributed by atoms with E-state index in [0.29, 0.717) is 26.4 Å². The lowest BCUT2D eigenvalue weighted by atomic mass is 10.1. The molecule has 0 aromatic heterocycles. The third-order valence-electron chi connectivity index (χ3n) is 5.00. The van der Waals surface area contributed by atoms with E-state index in [0.717, 1.165) is 17.3 Å². The van der Waals surface area contributed by atoms with Gasteiger partial charge in [0, 0.05) is 16.6 Å². The van der Waals surface area contributed by atoms with E-state index in [1.165, 1.54) is 36.3 Å². The van der Waals surface area contributed by atoms with Crippen LogP contribution in [0.4, 0.5) is 15.8 Å². The lowest BCUT2D eigenvalue weighted by molar-refractivity contribution is -0.384. The molecule has 0 aliphatic carbocycles. The van der Waals surface area contributed by atoms with Crippen LogP contribution in [0.15, 0.2) is 70.0 Å². The minimum absolute atomic E-state index is 0.00107. The summed E-state index contributed by atoms with van der Waals surface area (Å²) in [6.45, 7) is 0.168. The number of rotatable bonds is 7. The molecule has 0 unspecified atom stereocenters. The number of carbonyl (C=O) groups excluding carboxylic acids is 1. The number of halogens is 2. The standard InChI is InChI=1S/C24H16BrFN2O5S2/c1-32-20-10-15(11-22-23(29)27(24(34)35-22)19-5-3-2-4-18(19)26)17(25)12-21(20)33-13-14-6-8-16(9-7-14)28(30)31/h2-12H,13H2,1H3/b22-11-. The van der Waals surface area contributed by atoms with Gasteiger partial charge in [0.1, 0.15) is 12.4 Å². The van der Waals surface area contributed by atoms with Crippen molar-refractivity contribution in [3.05, 3.63) is 97.1 Å². The van der Waals surface area contributed by atoms with Crippen LogP contribution in [0.2, 0.25) is 0 Å². The van der Waals surface area contributed by atoms with E-state index in [4.69, 9.17) is 21.7 Å². The number of benzene rings is 3. The first-order chi connectivity index (χ1) is 16.8. The van der Waals surface area contributed by atoms with Crippen molar-refractivity contribution in [2.45, 2.75) is 6.61 Å². The molecule has 7 nitrogen and oxygen atoms in total. The first-order valence-electron chi connectivity index (χ1n) is 10.0. The van der Waals surface area contributed by atoms with Gasteiger partial charge in [-0.15, -0.1) is 0 Å². The smallest absolute Gasteiger partial charge is 0.270 e. The quantitative estimate of drug-likeness (QED) is 0.138. The van der Waals surface area contributed by atoms with Gasteiger partial charge < -0.3 is 9.47 Å². The van der Waals surface area contributed by atoms with Gasteiger partial charge in [-0.05, 0) is 53.6 Å². The normalized spacial score (nSPS) is 14.5. The van der Waals surface area contributed by atoms with Crippen molar-refractivity contribution in [1.29, 1.82) is 0 Å². The maximum atomic E-state index is 14.2. The van der Waals surface area contributed by atoms with Gasteiger partial charge in [0.25, 0.3) is 11.6 Å². The average molecular weight is 575 g/mol. The van der Waals surface area contributed by atoms with Gasteiger partial charge >= 0.3 is 0 Å². The highest BCUT2D eigenvalue weighted by atomic mass is 79.9. The Kier molecular flexibility index (Phi) is 7.48. The van der Waals surface area contributed by atoms with Gasteiger partial charge in [0.2, 0.25) is 0 Å². The molecule has 0 N–H and O–H groups in total. The summed E-state index contributed by atoms with van der Waals surface area (Å²) in [4.78, 5) is 24.9. The SMILES string of the molecule is COc1cc(/C=C2\SC(=S)N(c3ccccc3F)C2=O)c(Br)cc1OCc1ccc([N+](=O)[O-])cc1. The van der Waals surface area contributed by atoms with Gasteiger partial charge in [0.05, 0.1) is 22.6 Å². The van der Waals surface area contributed by atoms with Crippen LogP contribution < -0.4 is 14.4 Å². The van der Waals surface area contributed by atoms with Crippen molar-refractivity contribution in [3.63, 3.8) is 0 Å². The lowest BCUT2D eigenvalue weighted by Crippen LogP contribution is -2.28. The van der Waals surface area contributed by atoms with E-state index < -0.39 is 16.6 Å². The highest BCUT2D eigenvalue weighted by Crippen LogP contribution is 2.40. The number of amides is 1. The second kappa shape index (κ2) is 10.5. The summed E-state index contributed by atoms with van der Waals surface area (Å²) in [6, 6.07) is 15.4. The maximum absolute atomic E-state index is 14.2. The summed E-state index contributed by atoms with van der Waals surface area (Å²) in [6.07, 6.45) is 1.65. The Labute approximate surface area is 217 Å². The van der Waals surface area contributed by atoms with Gasteiger partial charge in [-0.25, -0.2) is 4.39 Å². The fourth-order valence-corrected chi connectivity index (χ4v) is 4.97. The monoisotopic (exact) mass is 574 g/mol. The molecule has 178 valence electrons. The van der Waals surface area contributed by atoms with Crippen molar-refractivity contribution >= 4 is 67.6 Å². The van der Waals surface area contributed by atoms with Gasteiger partial charge in [-0.1, -0.05) is 52.0 Å². The highest BCUT2D eigenvalue weighted by molar-refractivity contribution is 9.10. The molecule has 0 bridgehead atoms. The topological polar surface area (TPSA) is 81.9 Å². The molecule has 0 saturated carbocycles. The first kappa shape index (κ1) is 24.8. The lowest BCUT2D eigenvalue weighted by Gasteiger charge is -2.15. The Bertz CT molecular complexity index is 1360. The molecule has 0 radical (unpaired) electrons. The zero-order chi connectivity index (χ0) is 25.1. The molecule has 0 atom stereocenters. The van der Waals surface area contributed by atoms with Crippen LogP contribution in [-0.4, -0.2) is 22.3 Å². The number of nitro benzene ring substituents is 1. The molecule has 0 spiro atoms. The number of nitrogens with zero attached hydrogens (tertiary/aromatic N) is 2. The van der Waals surface area contributed by atoms with Crippen molar-refractivity contribution in [1.82, 2.24) is 0 Å². The Balaban J connectivity index is 1.56. The maximum Gasteiger partial charge on any atom is 0.270 e. The predicted octanol–water partition coefficient (Wildman–Crippen LogP) is 6.49. The largest absolute Gasteiger partial charge is 0.493 e. The molecule has 3 aromatic carbocycles. The molecule has 1 aliphatic rings. The van der Waals surface area contributed by atoms with Crippen molar-refractivity contribution < 1.29 is 23.6 Å². The first-order valence-corrected chi connectivity index (χ1v) is 12.1. The number of anilines is 1. The number of para-hydroxylation sites is 1. The summed E-state index contributed by atoms with van der Waals surface area (Å²) in [5.41, 5.74) is 1.48. The predicted molar refractivity (Wildman–Crippen MR) is 140 cm³/mol. The number of hydrogen-bond donors (Lipinski definition) is 0. The number of carbonyl (C=O) groups is 1. The Morgan fingerprint density at radius 1 is 1.17 bits per heavy atom. The minimum atomic E-state index is -0.539. The van der Waals surface area contributed by atoms with E-state index >= 15 is 0 Å². The van der Waals surface area contributed by atoms with Crippen LogP contribution in [0.25, 0.3) is 6.08 Å². The summed E-state index contributed by atoms with van der Waals surface area (Å²) in [5, 5.41) is 10.8. The van der Waals surface area contributed by atoms with Crippen LogP contribution in [0.3, 0.4) is 0 Å². The number of nitro groups is 1. The molecule has 1 fully saturated rings. The van der Waals surface area contributed by atoms with E-state index in [1.807, 2.05) is 0 Å². The highest BCUT2D eigenvalue weighted by Gasteiger charge is 2.34. The number of thiocarbonyl (C=S) groups is 1. The van der Waals surface area contributed by atoms with E-state index in [2.05, 4.69) is 15.9 Å². The minimum Gasteiger partial charge on any atom is -0.493 e. The molecule has 11 heteroatoms. The summed E-state index contributed by atoms with van der Waals surface area (Å²) >= 11 is 9.90. The molecular weight excluding hydrogens is 559 g/mol. The van der Waals surface area contributed by atoms with Crippen LogP contribution >= 0.6 is 39.9 Å². The average Bonchev–Trinajstić information content (AvgIpc) is 3.12. The third kappa shape index (κ3) is 5.37. The molecule has 1 heterocycles. The van der Waals surface area contributed by atoms with Gasteiger partial charge in [-0.3, -0.25) is 19.8 Å². The Hall–Kier alpha value is -3.28. The molecule has 35 heavy (non-hydrogen) atoms. The number of non-ortho nitro benzene ring substituents is 1. The number of methoxy groups -OCH3 is 1. The fourth-order valence-electron chi connectivity index (χ4n) is 3.26. The zero-order valence-corrected chi connectivity index (χ0v) is 21.3. The molecule has 1 aliphatic heterocycles. The molecule has 3 aromatic rings. The summed E-state index contributed by atoms with van der Waals surface area (Å²) in [7, 11) is 1.49. The van der Waals surface area contributed by atoms with Crippen LogP contribution in [0.5, 0.6) is 11.5 Å². The summed E-state index contributed by atoms with van der Waals surface area (Å²) in [5.74, 6) is -0.100. The summed E-state index contributed by atoms with van der Waals surface area (Å²) < 4.78 is 26.4. The zero-order valence-electron chi connectivity index (χ0n) is 18.1.